The molecule has 0 aliphatic rings. The van der Waals surface area contributed by atoms with Crippen LogP contribution in [0.15, 0.2) is 64.8 Å². The second kappa shape index (κ2) is 8.88. The lowest BCUT2D eigenvalue weighted by Gasteiger charge is -2.10. The quantitative estimate of drug-likeness (QED) is 0.622. The van der Waals surface area contributed by atoms with Crippen LogP contribution in [0.4, 0.5) is 4.79 Å². The summed E-state index contributed by atoms with van der Waals surface area (Å²) >= 11 is 3.38. The van der Waals surface area contributed by atoms with Crippen LogP contribution in [0.1, 0.15) is 11.1 Å². The minimum Gasteiger partial charge on any atom is -0.464 e. The maximum Gasteiger partial charge on any atom is 0.412 e. The third-order valence-corrected chi connectivity index (χ3v) is 3.78. The van der Waals surface area contributed by atoms with Crippen molar-refractivity contribution in [1.82, 2.24) is 5.32 Å². The molecule has 0 saturated carbocycles. The van der Waals surface area contributed by atoms with E-state index >= 15 is 0 Å². The summed E-state index contributed by atoms with van der Waals surface area (Å²) in [7, 11) is 1.24. The molecule has 0 aromatic heterocycles. The topological polar surface area (TPSA) is 64.6 Å². The zero-order valence-corrected chi connectivity index (χ0v) is 14.6. The molecule has 2 aromatic rings. The molecule has 2 rings (SSSR count). The third-order valence-electron chi connectivity index (χ3n) is 3.06. The predicted octanol–water partition coefficient (Wildman–Crippen LogP) is 3.89. The lowest BCUT2D eigenvalue weighted by molar-refractivity contribution is -0.136. The first-order valence-corrected chi connectivity index (χ1v) is 7.91. The second-order valence-electron chi connectivity index (χ2n) is 4.76. The number of alkyl carbamates (subject to hydrolysis) is 1. The Labute approximate surface area is 148 Å². The largest absolute Gasteiger partial charge is 0.464 e. The summed E-state index contributed by atoms with van der Waals surface area (Å²) in [6.07, 6.45) is 0.780. The molecule has 5 nitrogen and oxygen atoms in total. The van der Waals surface area contributed by atoms with Crippen molar-refractivity contribution in [2.75, 3.05) is 7.11 Å². The normalized spacial score (nSPS) is 10.8. The fourth-order valence-corrected chi connectivity index (χ4v) is 2.27. The number of rotatable bonds is 5. The zero-order chi connectivity index (χ0) is 17.4. The van der Waals surface area contributed by atoms with Gasteiger partial charge in [-0.05, 0) is 23.3 Å². The minimum absolute atomic E-state index is 0.0116. The van der Waals surface area contributed by atoms with Crippen LogP contribution in [0.5, 0.6) is 0 Å². The number of methoxy groups -OCH3 is 1. The average molecular weight is 390 g/mol. The molecule has 0 fully saturated rings. The van der Waals surface area contributed by atoms with E-state index in [0.717, 1.165) is 15.6 Å². The van der Waals surface area contributed by atoms with Gasteiger partial charge in [0.1, 0.15) is 12.3 Å². The first-order chi connectivity index (χ1) is 11.6. The van der Waals surface area contributed by atoms with Crippen LogP contribution in [0.2, 0.25) is 0 Å². The van der Waals surface area contributed by atoms with Crippen LogP contribution in [0.25, 0.3) is 6.08 Å². The number of esters is 1. The van der Waals surface area contributed by atoms with Gasteiger partial charge in [0.15, 0.2) is 0 Å². The van der Waals surface area contributed by atoms with Gasteiger partial charge >= 0.3 is 12.1 Å². The van der Waals surface area contributed by atoms with Crippen LogP contribution < -0.4 is 5.32 Å². The van der Waals surface area contributed by atoms with Crippen molar-refractivity contribution < 1.29 is 19.1 Å². The highest BCUT2D eigenvalue weighted by molar-refractivity contribution is 9.10. The molecule has 0 aliphatic heterocycles. The van der Waals surface area contributed by atoms with E-state index in [2.05, 4.69) is 21.2 Å². The van der Waals surface area contributed by atoms with Crippen molar-refractivity contribution in [3.8, 4) is 0 Å². The van der Waals surface area contributed by atoms with Gasteiger partial charge in [-0.15, -0.1) is 0 Å². The van der Waals surface area contributed by atoms with E-state index in [-0.39, 0.29) is 12.3 Å². The number of halogens is 1. The fraction of sp³-hybridized carbons (Fsp3) is 0.111. The molecule has 6 heteroatoms. The summed E-state index contributed by atoms with van der Waals surface area (Å²) in [6.45, 7) is 0.107. The molecule has 0 aliphatic carbocycles. The van der Waals surface area contributed by atoms with Crippen LogP contribution >= 0.6 is 15.9 Å². The van der Waals surface area contributed by atoms with Crippen LogP contribution in [0.3, 0.4) is 0 Å². The molecule has 0 bridgehead atoms. The van der Waals surface area contributed by atoms with Gasteiger partial charge in [0.05, 0.1) is 7.11 Å². The highest BCUT2D eigenvalue weighted by atomic mass is 79.9. The fourth-order valence-electron chi connectivity index (χ4n) is 1.87. The van der Waals surface area contributed by atoms with Crippen molar-refractivity contribution in [2.45, 2.75) is 6.61 Å². The average Bonchev–Trinajstić information content (AvgIpc) is 2.61. The van der Waals surface area contributed by atoms with E-state index in [1.54, 1.807) is 6.07 Å². The summed E-state index contributed by atoms with van der Waals surface area (Å²) in [5.41, 5.74) is 1.56. The molecule has 24 heavy (non-hydrogen) atoms. The molecular weight excluding hydrogens is 374 g/mol. The molecule has 0 heterocycles. The maximum atomic E-state index is 11.9. The van der Waals surface area contributed by atoms with Gasteiger partial charge in [-0.3, -0.25) is 5.32 Å². The Bertz CT molecular complexity index is 744. The Morgan fingerprint density at radius 1 is 1.08 bits per heavy atom. The SMILES string of the molecule is COC(=O)/C(=C/c1ccccc1Br)NC(=O)OCc1ccccc1. The van der Waals surface area contributed by atoms with Gasteiger partial charge in [-0.2, -0.15) is 0 Å². The molecule has 0 unspecified atom stereocenters. The molecule has 2 aromatic carbocycles. The van der Waals surface area contributed by atoms with Crippen LogP contribution in [-0.2, 0) is 20.9 Å². The standard InChI is InChI=1S/C18H16BrNO4/c1-23-17(21)16(11-14-9-5-6-10-15(14)19)20-18(22)24-12-13-7-3-2-4-8-13/h2-11H,12H2,1H3,(H,20,22)/b16-11-. The monoisotopic (exact) mass is 389 g/mol. The van der Waals surface area contributed by atoms with E-state index in [1.807, 2.05) is 48.5 Å². The Kier molecular flexibility index (Phi) is 6.57. The zero-order valence-electron chi connectivity index (χ0n) is 13.0. The van der Waals surface area contributed by atoms with E-state index in [4.69, 9.17) is 9.47 Å². The highest BCUT2D eigenvalue weighted by Crippen LogP contribution is 2.18. The Balaban J connectivity index is 2.07. The van der Waals surface area contributed by atoms with Gasteiger partial charge in [-0.25, -0.2) is 9.59 Å². The molecule has 0 saturated heterocycles. The summed E-state index contributed by atoms with van der Waals surface area (Å²) in [4.78, 5) is 23.8. The number of amides is 1. The van der Waals surface area contributed by atoms with Crippen LogP contribution in [-0.4, -0.2) is 19.2 Å². The number of hydrogen-bond donors (Lipinski definition) is 1. The van der Waals surface area contributed by atoms with Crippen molar-refractivity contribution in [3.05, 3.63) is 75.9 Å². The van der Waals surface area contributed by atoms with Crippen molar-refractivity contribution >= 4 is 34.1 Å². The number of carbonyl (C=O) groups is 2. The van der Waals surface area contributed by atoms with Gasteiger partial charge in [0.25, 0.3) is 0 Å². The lowest BCUT2D eigenvalue weighted by atomic mass is 10.2. The first-order valence-electron chi connectivity index (χ1n) is 7.12. The number of carbonyl (C=O) groups excluding carboxylic acids is 2. The minimum atomic E-state index is -0.734. The van der Waals surface area contributed by atoms with Gasteiger partial charge in [0, 0.05) is 4.47 Å². The van der Waals surface area contributed by atoms with Gasteiger partial charge in [-0.1, -0.05) is 64.5 Å². The molecule has 0 radical (unpaired) electrons. The summed E-state index contributed by atoms with van der Waals surface area (Å²) in [5, 5.41) is 2.42. The van der Waals surface area contributed by atoms with Crippen LogP contribution in [0, 0.1) is 0 Å². The van der Waals surface area contributed by atoms with E-state index < -0.39 is 12.1 Å². The molecule has 0 atom stereocenters. The highest BCUT2D eigenvalue weighted by Gasteiger charge is 2.15. The van der Waals surface area contributed by atoms with E-state index in [0.29, 0.717) is 0 Å². The number of hydrogen-bond acceptors (Lipinski definition) is 4. The molecular formula is C18H16BrNO4. The summed E-state index contributed by atoms with van der Waals surface area (Å²) in [5.74, 6) is -0.664. The molecule has 124 valence electrons. The summed E-state index contributed by atoms with van der Waals surface area (Å²) < 4.78 is 10.6. The van der Waals surface area contributed by atoms with Gasteiger partial charge in [0.2, 0.25) is 0 Å². The number of ether oxygens (including phenoxy) is 2. The molecule has 1 amide bonds. The van der Waals surface area contributed by atoms with E-state index in [1.165, 1.54) is 13.2 Å². The van der Waals surface area contributed by atoms with E-state index in [9.17, 15) is 9.59 Å². The van der Waals surface area contributed by atoms with Crippen molar-refractivity contribution in [3.63, 3.8) is 0 Å². The van der Waals surface area contributed by atoms with Gasteiger partial charge < -0.3 is 9.47 Å². The predicted molar refractivity (Wildman–Crippen MR) is 93.9 cm³/mol. The van der Waals surface area contributed by atoms with Crippen molar-refractivity contribution in [1.29, 1.82) is 0 Å². The third kappa shape index (κ3) is 5.24. The molecule has 0 spiro atoms. The Hall–Kier alpha value is -2.60. The van der Waals surface area contributed by atoms with Crippen molar-refractivity contribution in [2.24, 2.45) is 0 Å². The first kappa shape index (κ1) is 17.7. The lowest BCUT2D eigenvalue weighted by Crippen LogP contribution is -2.28. The maximum absolute atomic E-state index is 11.9. The number of benzene rings is 2. The molecule has 1 N–H and O–H groups in total. The Morgan fingerprint density at radius 3 is 2.42 bits per heavy atom. The Morgan fingerprint density at radius 2 is 1.75 bits per heavy atom. The smallest absolute Gasteiger partial charge is 0.412 e. The number of nitrogens with one attached hydrogen (secondary N) is 1. The second-order valence-corrected chi connectivity index (χ2v) is 5.61. The summed E-state index contributed by atoms with van der Waals surface area (Å²) in [6, 6.07) is 16.5.